The fraction of sp³-hybridized carbons (Fsp3) is 0.0476. The first-order chi connectivity index (χ1) is 13.0. The predicted molar refractivity (Wildman–Crippen MR) is 134 cm³/mol. The molecule has 0 radical (unpaired) electrons. The van der Waals surface area contributed by atoms with Gasteiger partial charge in [0.05, 0.1) is 12.0 Å². The maximum absolute atomic E-state index is 12.5. The molecule has 2 nitrogen and oxygen atoms in total. The Hall–Kier alpha value is -0.710. The lowest BCUT2D eigenvalue weighted by molar-refractivity contribution is 0.417. The van der Waals surface area contributed by atoms with E-state index in [4.69, 9.17) is 4.74 Å². The summed E-state index contributed by atoms with van der Waals surface area (Å²) in [5.74, 6) is 0.772. The first kappa shape index (κ1) is 19.6. The minimum Gasteiger partial charge on any atom is -0.496 e. The van der Waals surface area contributed by atoms with E-state index >= 15 is 0 Å². The van der Waals surface area contributed by atoms with Crippen molar-refractivity contribution < 1.29 is 8.95 Å². The zero-order valence-corrected chi connectivity index (χ0v) is 20.8. The van der Waals surface area contributed by atoms with Gasteiger partial charge in [-0.05, 0) is 103 Å². The molecular weight excluding hydrogens is 650 g/mol. The maximum atomic E-state index is 12.5. The molecule has 0 bridgehead atoms. The van der Waals surface area contributed by atoms with E-state index in [1.807, 2.05) is 18.2 Å². The Kier molecular flexibility index (Phi) is 5.78. The summed E-state index contributed by atoms with van der Waals surface area (Å²) in [4.78, 5) is 0.744. The van der Waals surface area contributed by atoms with Gasteiger partial charge < -0.3 is 4.74 Å². The van der Waals surface area contributed by atoms with Crippen LogP contribution in [0.5, 0.6) is 5.75 Å². The number of methoxy groups -OCH3 is 1. The third-order valence-electron chi connectivity index (χ3n) is 4.53. The van der Waals surface area contributed by atoms with Crippen LogP contribution in [0.1, 0.15) is 0 Å². The Balaban J connectivity index is 2.22. The molecule has 4 aromatic rings. The molecule has 0 aliphatic carbocycles. The molecule has 0 aliphatic heterocycles. The molecule has 0 saturated carbocycles. The van der Waals surface area contributed by atoms with Crippen LogP contribution in [0.3, 0.4) is 0 Å². The highest BCUT2D eigenvalue weighted by molar-refractivity contribution is 14.1. The normalized spacial score (nSPS) is 12.4. The van der Waals surface area contributed by atoms with Crippen molar-refractivity contribution in [2.45, 2.75) is 4.90 Å². The zero-order chi connectivity index (χ0) is 19.1. The van der Waals surface area contributed by atoms with Crippen molar-refractivity contribution in [3.63, 3.8) is 0 Å². The molecule has 4 rings (SSSR count). The van der Waals surface area contributed by atoms with Gasteiger partial charge in [-0.2, -0.15) is 0 Å². The lowest BCUT2D eigenvalue weighted by atomic mass is 9.93. The van der Waals surface area contributed by atoms with E-state index < -0.39 is 9.23 Å². The van der Waals surface area contributed by atoms with Crippen molar-refractivity contribution in [2.24, 2.45) is 0 Å². The Morgan fingerprint density at radius 3 is 1.93 bits per heavy atom. The van der Waals surface area contributed by atoms with Crippen LogP contribution in [-0.4, -0.2) is 11.3 Å². The van der Waals surface area contributed by atoms with Crippen LogP contribution in [0.2, 0.25) is 0 Å². The quantitative estimate of drug-likeness (QED) is 0.170. The topological polar surface area (TPSA) is 26.3 Å². The number of hydrogen-bond donors (Lipinski definition) is 0. The van der Waals surface area contributed by atoms with Gasteiger partial charge in [-0.1, -0.05) is 24.3 Å². The van der Waals surface area contributed by atoms with Crippen LogP contribution in [0, 0.1) is 7.14 Å². The summed E-state index contributed by atoms with van der Waals surface area (Å²) in [6, 6.07) is 20.7. The highest BCUT2D eigenvalue weighted by Gasteiger charge is 2.20. The summed E-state index contributed by atoms with van der Waals surface area (Å²) in [5.41, 5.74) is 1.92. The van der Waals surface area contributed by atoms with E-state index in [1.54, 1.807) is 7.11 Å². The van der Waals surface area contributed by atoms with Crippen molar-refractivity contribution in [3.8, 4) is 16.9 Å². The Morgan fingerprint density at radius 1 is 0.815 bits per heavy atom. The molecule has 0 fully saturated rings. The van der Waals surface area contributed by atoms with Gasteiger partial charge in [-0.15, -0.1) is 0 Å². The van der Waals surface area contributed by atoms with Crippen LogP contribution in [-0.2, 0) is 9.23 Å². The van der Waals surface area contributed by atoms with Gasteiger partial charge in [0.25, 0.3) is 0 Å². The van der Waals surface area contributed by atoms with Gasteiger partial charge in [0.1, 0.15) is 15.0 Å². The molecule has 136 valence electrons. The number of halogens is 3. The third-order valence-corrected chi connectivity index (χ3v) is 7.60. The van der Waals surface area contributed by atoms with Gasteiger partial charge in [0.15, 0.2) is 0 Å². The second-order valence-corrected chi connectivity index (χ2v) is 11.2. The number of ether oxygens (including phenoxy) is 1. The Labute approximate surface area is 194 Å². The van der Waals surface area contributed by atoms with Gasteiger partial charge in [0.2, 0.25) is 0 Å². The first-order valence-corrected chi connectivity index (χ1v) is 13.2. The molecule has 0 saturated heterocycles. The van der Waals surface area contributed by atoms with Gasteiger partial charge in [-0.3, -0.25) is 0 Å². The molecule has 0 spiro atoms. The Bertz CT molecular complexity index is 1220. The molecule has 0 amide bonds. The third kappa shape index (κ3) is 3.65. The van der Waals surface area contributed by atoms with E-state index in [-0.39, 0.29) is 0 Å². The molecule has 4 aromatic carbocycles. The minimum absolute atomic E-state index is 0.744. The van der Waals surface area contributed by atoms with Crippen LogP contribution >= 0.6 is 60.0 Å². The first-order valence-electron chi connectivity index (χ1n) is 8.06. The van der Waals surface area contributed by atoms with E-state index in [0.29, 0.717) is 0 Å². The van der Waals surface area contributed by atoms with Crippen LogP contribution in [0.25, 0.3) is 32.7 Å². The monoisotopic (exact) mass is 662 g/mol. The summed E-state index contributed by atoms with van der Waals surface area (Å²) < 4.78 is 20.6. The van der Waals surface area contributed by atoms with E-state index in [1.165, 1.54) is 7.14 Å². The average molecular weight is 663 g/mol. The van der Waals surface area contributed by atoms with E-state index in [0.717, 1.165) is 43.3 Å². The minimum atomic E-state index is -1.31. The summed E-state index contributed by atoms with van der Waals surface area (Å²) in [6.45, 7) is 0. The van der Waals surface area contributed by atoms with Crippen LogP contribution < -0.4 is 4.74 Å². The summed E-state index contributed by atoms with van der Waals surface area (Å²) in [7, 11) is 0.370. The van der Waals surface area contributed by atoms with Crippen molar-refractivity contribution >= 4 is 90.8 Å². The standard InChI is InChI=1S/C21H13BrI2O2S/c1-26-18-8-2-12-10-14(23)4-6-16(12)20(18)21-17-7-5-15(24)11-13(17)3-9-19(21)27(22)25/h2-11H,1H3. The largest absolute Gasteiger partial charge is 0.496 e. The zero-order valence-electron chi connectivity index (χ0n) is 14.1. The molecule has 0 aliphatic rings. The van der Waals surface area contributed by atoms with Gasteiger partial charge >= 0.3 is 0 Å². The van der Waals surface area contributed by atoms with Crippen molar-refractivity contribution in [3.05, 3.63) is 67.8 Å². The fourth-order valence-electron chi connectivity index (χ4n) is 3.38. The van der Waals surface area contributed by atoms with Gasteiger partial charge in [-0.25, -0.2) is 4.21 Å². The molecule has 27 heavy (non-hydrogen) atoms. The molecule has 0 N–H and O–H groups in total. The summed E-state index contributed by atoms with van der Waals surface area (Å²) in [5, 5.41) is 4.39. The van der Waals surface area contributed by atoms with Crippen molar-refractivity contribution in [1.29, 1.82) is 0 Å². The lowest BCUT2D eigenvalue weighted by Gasteiger charge is -2.17. The number of fused-ring (bicyclic) bond motifs is 2. The smallest absolute Gasteiger partial charge is 0.127 e. The van der Waals surface area contributed by atoms with Crippen LogP contribution in [0.4, 0.5) is 0 Å². The second-order valence-electron chi connectivity index (χ2n) is 6.04. The molecule has 6 heteroatoms. The number of hydrogen-bond acceptors (Lipinski definition) is 2. The highest BCUT2D eigenvalue weighted by atomic mass is 127. The van der Waals surface area contributed by atoms with E-state index in [9.17, 15) is 4.21 Å². The lowest BCUT2D eigenvalue weighted by Crippen LogP contribution is -1.96. The van der Waals surface area contributed by atoms with E-state index in [2.05, 4.69) is 102 Å². The molecule has 0 aromatic heterocycles. The number of rotatable bonds is 3. The summed E-state index contributed by atoms with van der Waals surface area (Å²) in [6.07, 6.45) is 0. The predicted octanol–water partition coefficient (Wildman–Crippen LogP) is 7.30. The highest BCUT2D eigenvalue weighted by Crippen LogP contribution is 2.44. The maximum Gasteiger partial charge on any atom is 0.127 e. The molecule has 0 heterocycles. The molecule has 1 atom stereocenters. The summed E-state index contributed by atoms with van der Waals surface area (Å²) >= 11 is 7.91. The fourth-order valence-corrected chi connectivity index (χ4v) is 5.77. The van der Waals surface area contributed by atoms with Crippen molar-refractivity contribution in [2.75, 3.05) is 7.11 Å². The second kappa shape index (κ2) is 7.96. The van der Waals surface area contributed by atoms with Crippen LogP contribution in [0.15, 0.2) is 65.6 Å². The number of benzene rings is 4. The molecular formula is C21H13BrI2O2S. The molecule has 1 unspecified atom stereocenters. The SMILES string of the molecule is COc1ccc2cc(I)ccc2c1-c1c(S(=O)Br)ccc2cc(I)ccc12. The average Bonchev–Trinajstić information content (AvgIpc) is 2.65. The van der Waals surface area contributed by atoms with Gasteiger partial charge in [0, 0.05) is 33.1 Å². The van der Waals surface area contributed by atoms with Crippen molar-refractivity contribution in [1.82, 2.24) is 0 Å². The Morgan fingerprint density at radius 2 is 1.37 bits per heavy atom.